The number of amides is 2. The van der Waals surface area contributed by atoms with Crippen molar-refractivity contribution in [2.45, 2.75) is 25.7 Å². The molecule has 2 aromatic rings. The van der Waals surface area contributed by atoms with Crippen molar-refractivity contribution in [2.75, 3.05) is 40.5 Å². The van der Waals surface area contributed by atoms with Gasteiger partial charge in [0.1, 0.15) is 18.2 Å². The number of benzene rings is 2. The van der Waals surface area contributed by atoms with Crippen molar-refractivity contribution in [2.24, 2.45) is 5.92 Å². The molecule has 0 aliphatic carbocycles. The van der Waals surface area contributed by atoms with E-state index >= 15 is 0 Å². The Balaban J connectivity index is 1.66. The Morgan fingerprint density at radius 3 is 2.53 bits per heavy atom. The smallest absolute Gasteiger partial charge is 0.248 e. The number of methoxy groups -OCH3 is 2. The van der Waals surface area contributed by atoms with Gasteiger partial charge < -0.3 is 19.7 Å². The fraction of sp³-hybridized carbons (Fsp3) is 0.440. The van der Waals surface area contributed by atoms with Crippen molar-refractivity contribution in [3.8, 4) is 5.75 Å². The van der Waals surface area contributed by atoms with Crippen LogP contribution >= 0.6 is 0 Å². The van der Waals surface area contributed by atoms with Crippen LogP contribution < -0.4 is 10.1 Å². The van der Waals surface area contributed by atoms with E-state index in [0.29, 0.717) is 38.0 Å². The normalized spacial score (nSPS) is 18.3. The second-order valence-electron chi connectivity index (χ2n) is 8.26. The first-order valence-electron chi connectivity index (χ1n) is 10.8. The first-order valence-corrected chi connectivity index (χ1v) is 10.8. The van der Waals surface area contributed by atoms with E-state index in [9.17, 15) is 14.0 Å². The third-order valence-electron chi connectivity index (χ3n) is 5.97. The molecule has 6 nitrogen and oxygen atoms in total. The van der Waals surface area contributed by atoms with Gasteiger partial charge in [0.15, 0.2) is 0 Å². The molecule has 172 valence electrons. The molecule has 2 unspecified atom stereocenters. The SMILES string of the molecule is COCC(=O)N1CC(C(=O)NCCc2ccc(OC)cc2)CC(c2ccc(F)c(C)c2)C1. The highest BCUT2D eigenvalue weighted by Gasteiger charge is 2.34. The van der Waals surface area contributed by atoms with Gasteiger partial charge in [-0.25, -0.2) is 4.39 Å². The number of aryl methyl sites for hydroxylation is 1. The number of nitrogens with one attached hydrogen (secondary N) is 1. The Morgan fingerprint density at radius 1 is 1.12 bits per heavy atom. The molecule has 3 rings (SSSR count). The van der Waals surface area contributed by atoms with Crippen molar-refractivity contribution in [1.29, 1.82) is 0 Å². The standard InChI is InChI=1S/C25H31FN2O4/c1-17-12-19(6-9-23(17)26)20-13-21(15-28(14-20)24(29)16-31-2)25(30)27-11-10-18-4-7-22(32-3)8-5-18/h4-9,12,20-21H,10-11,13-16H2,1-3H3,(H,27,30). The van der Waals surface area contributed by atoms with Gasteiger partial charge in [-0.05, 0) is 54.7 Å². The number of nitrogens with zero attached hydrogens (tertiary/aromatic N) is 1. The van der Waals surface area contributed by atoms with Gasteiger partial charge in [0.05, 0.1) is 13.0 Å². The summed E-state index contributed by atoms with van der Waals surface area (Å²) in [5.41, 5.74) is 2.60. The average molecular weight is 443 g/mol. The van der Waals surface area contributed by atoms with Gasteiger partial charge in [0.25, 0.3) is 0 Å². The highest BCUT2D eigenvalue weighted by Crippen LogP contribution is 2.31. The van der Waals surface area contributed by atoms with Crippen molar-refractivity contribution >= 4 is 11.8 Å². The maximum Gasteiger partial charge on any atom is 0.248 e. The first kappa shape index (κ1) is 23.7. The van der Waals surface area contributed by atoms with Crippen LogP contribution in [0, 0.1) is 18.7 Å². The maximum atomic E-state index is 13.7. The van der Waals surface area contributed by atoms with Gasteiger partial charge >= 0.3 is 0 Å². The van der Waals surface area contributed by atoms with Gasteiger partial charge in [-0.1, -0.05) is 24.3 Å². The van der Waals surface area contributed by atoms with E-state index in [2.05, 4.69) is 5.32 Å². The number of halogens is 1. The molecule has 7 heteroatoms. The lowest BCUT2D eigenvalue weighted by molar-refractivity contribution is -0.139. The number of ether oxygens (including phenoxy) is 2. The minimum Gasteiger partial charge on any atom is -0.497 e. The molecular formula is C25H31FN2O4. The van der Waals surface area contributed by atoms with E-state index in [1.165, 1.54) is 13.2 Å². The molecule has 2 amide bonds. The number of hydrogen-bond acceptors (Lipinski definition) is 4. The summed E-state index contributed by atoms with van der Waals surface area (Å²) in [7, 11) is 3.10. The third-order valence-corrected chi connectivity index (χ3v) is 5.97. The van der Waals surface area contributed by atoms with Crippen molar-refractivity contribution in [1.82, 2.24) is 10.2 Å². The molecule has 1 N–H and O–H groups in total. The fourth-order valence-corrected chi connectivity index (χ4v) is 4.14. The van der Waals surface area contributed by atoms with E-state index in [1.54, 1.807) is 25.0 Å². The number of rotatable bonds is 8. The van der Waals surface area contributed by atoms with Crippen LogP contribution in [0.5, 0.6) is 5.75 Å². The van der Waals surface area contributed by atoms with Crippen LogP contribution in [0.25, 0.3) is 0 Å². The minimum absolute atomic E-state index is 0.0268. The zero-order valence-electron chi connectivity index (χ0n) is 18.9. The first-order chi connectivity index (χ1) is 15.4. The summed E-state index contributed by atoms with van der Waals surface area (Å²) < 4.78 is 23.9. The van der Waals surface area contributed by atoms with Gasteiger partial charge in [-0.2, -0.15) is 0 Å². The number of piperidine rings is 1. The zero-order chi connectivity index (χ0) is 23.1. The summed E-state index contributed by atoms with van der Waals surface area (Å²) in [6.07, 6.45) is 1.31. The molecular weight excluding hydrogens is 411 g/mol. The fourth-order valence-electron chi connectivity index (χ4n) is 4.14. The lowest BCUT2D eigenvalue weighted by Crippen LogP contribution is -2.49. The lowest BCUT2D eigenvalue weighted by Gasteiger charge is -2.37. The summed E-state index contributed by atoms with van der Waals surface area (Å²) in [5.74, 6) is -0.0612. The van der Waals surface area contributed by atoms with Gasteiger partial charge in [-0.3, -0.25) is 9.59 Å². The van der Waals surface area contributed by atoms with E-state index in [1.807, 2.05) is 30.3 Å². The quantitative estimate of drug-likeness (QED) is 0.682. The second-order valence-corrected chi connectivity index (χ2v) is 8.26. The van der Waals surface area contributed by atoms with E-state index in [-0.39, 0.29) is 36.1 Å². The molecule has 0 saturated carbocycles. The average Bonchev–Trinajstić information content (AvgIpc) is 2.81. The summed E-state index contributed by atoms with van der Waals surface area (Å²) in [6.45, 7) is 3.05. The largest absolute Gasteiger partial charge is 0.497 e. The van der Waals surface area contributed by atoms with E-state index < -0.39 is 0 Å². The Labute approximate surface area is 188 Å². The van der Waals surface area contributed by atoms with E-state index in [4.69, 9.17) is 9.47 Å². The Kier molecular flexibility index (Phi) is 8.22. The molecule has 0 radical (unpaired) electrons. The van der Waals surface area contributed by atoms with Crippen molar-refractivity contribution in [3.05, 3.63) is 65.0 Å². The Bertz CT molecular complexity index is 932. The molecule has 1 aliphatic heterocycles. The predicted octanol–water partition coefficient (Wildman–Crippen LogP) is 3.08. The van der Waals surface area contributed by atoms with Gasteiger partial charge in [-0.15, -0.1) is 0 Å². The number of hydrogen-bond donors (Lipinski definition) is 1. The second kappa shape index (κ2) is 11.1. The topological polar surface area (TPSA) is 67.9 Å². The molecule has 1 saturated heterocycles. The molecule has 1 fully saturated rings. The van der Waals surface area contributed by atoms with Crippen molar-refractivity contribution < 1.29 is 23.5 Å². The van der Waals surface area contributed by atoms with Gasteiger partial charge in [0.2, 0.25) is 11.8 Å². The number of carbonyl (C=O) groups excluding carboxylic acids is 2. The molecule has 0 spiro atoms. The summed E-state index contributed by atoms with van der Waals surface area (Å²) >= 11 is 0. The highest BCUT2D eigenvalue weighted by atomic mass is 19.1. The lowest BCUT2D eigenvalue weighted by atomic mass is 9.83. The molecule has 0 aromatic heterocycles. The highest BCUT2D eigenvalue weighted by molar-refractivity contribution is 5.82. The molecule has 2 atom stereocenters. The maximum absolute atomic E-state index is 13.7. The molecule has 0 bridgehead atoms. The molecule has 2 aromatic carbocycles. The third kappa shape index (κ3) is 6.07. The molecule has 1 heterocycles. The van der Waals surface area contributed by atoms with E-state index in [0.717, 1.165) is 16.9 Å². The molecule has 32 heavy (non-hydrogen) atoms. The zero-order valence-corrected chi connectivity index (χ0v) is 18.9. The van der Waals surface area contributed by atoms with Crippen LogP contribution in [-0.4, -0.2) is 57.2 Å². The van der Waals surface area contributed by atoms with Crippen LogP contribution in [0.4, 0.5) is 4.39 Å². The Hall–Kier alpha value is -2.93. The van der Waals surface area contributed by atoms with Crippen LogP contribution in [0.2, 0.25) is 0 Å². The van der Waals surface area contributed by atoms with Crippen LogP contribution in [0.15, 0.2) is 42.5 Å². The van der Waals surface area contributed by atoms with Crippen LogP contribution in [-0.2, 0) is 20.7 Å². The summed E-state index contributed by atoms with van der Waals surface area (Å²) in [6, 6.07) is 12.7. The monoisotopic (exact) mass is 442 g/mol. The predicted molar refractivity (Wildman–Crippen MR) is 120 cm³/mol. The van der Waals surface area contributed by atoms with Crippen LogP contribution in [0.1, 0.15) is 29.0 Å². The Morgan fingerprint density at radius 2 is 1.88 bits per heavy atom. The molecule has 1 aliphatic rings. The van der Waals surface area contributed by atoms with Crippen LogP contribution in [0.3, 0.4) is 0 Å². The summed E-state index contributed by atoms with van der Waals surface area (Å²) in [4.78, 5) is 27.2. The number of carbonyl (C=O) groups is 2. The minimum atomic E-state index is -0.337. The van der Waals surface area contributed by atoms with Crippen molar-refractivity contribution in [3.63, 3.8) is 0 Å². The van der Waals surface area contributed by atoms with Gasteiger partial charge in [0, 0.05) is 32.7 Å². The number of likely N-dealkylation sites (tertiary alicyclic amines) is 1. The summed E-state index contributed by atoms with van der Waals surface area (Å²) in [5, 5.41) is 3.01.